The molecule has 0 bridgehead atoms. The second kappa shape index (κ2) is 9.42. The van der Waals surface area contributed by atoms with Gasteiger partial charge in [-0.15, -0.1) is 0 Å². The fourth-order valence-electron chi connectivity index (χ4n) is 4.10. The van der Waals surface area contributed by atoms with Gasteiger partial charge in [0.1, 0.15) is 0 Å². The van der Waals surface area contributed by atoms with Gasteiger partial charge in [0.25, 0.3) is 0 Å². The normalized spacial score (nSPS) is 20.4. The summed E-state index contributed by atoms with van der Waals surface area (Å²) in [6.45, 7) is 8.64. The van der Waals surface area contributed by atoms with Crippen LogP contribution in [0.2, 0.25) is 0 Å². The molecule has 6 heteroatoms. The molecule has 2 aliphatic rings. The number of hydrogen-bond donors (Lipinski definition) is 1. The molecule has 3 amide bonds. The van der Waals surface area contributed by atoms with Crippen LogP contribution >= 0.6 is 0 Å². The van der Waals surface area contributed by atoms with Gasteiger partial charge in [0.15, 0.2) is 0 Å². The molecular weight excluding hydrogens is 366 g/mol. The Hall–Kier alpha value is -2.37. The maximum absolute atomic E-state index is 12.9. The summed E-state index contributed by atoms with van der Waals surface area (Å²) >= 11 is 0. The minimum Gasteiger partial charge on any atom is -0.356 e. The van der Waals surface area contributed by atoms with Crippen molar-refractivity contribution < 1.29 is 14.4 Å². The molecule has 0 aliphatic carbocycles. The molecule has 1 atom stereocenters. The van der Waals surface area contributed by atoms with Crippen molar-refractivity contribution in [2.24, 2.45) is 17.8 Å². The predicted molar refractivity (Wildman–Crippen MR) is 113 cm³/mol. The molecule has 0 saturated carbocycles. The van der Waals surface area contributed by atoms with Crippen molar-refractivity contribution in [3.05, 3.63) is 29.8 Å². The first kappa shape index (κ1) is 21.3. The Bertz CT molecular complexity index is 736. The van der Waals surface area contributed by atoms with Crippen LogP contribution in [0.15, 0.2) is 24.3 Å². The lowest BCUT2D eigenvalue weighted by Crippen LogP contribution is -2.45. The van der Waals surface area contributed by atoms with E-state index in [1.54, 1.807) is 4.90 Å². The zero-order chi connectivity index (χ0) is 21.0. The van der Waals surface area contributed by atoms with Crippen LogP contribution in [0.4, 0.5) is 5.69 Å². The number of rotatable bonds is 6. The van der Waals surface area contributed by atoms with Gasteiger partial charge in [-0.05, 0) is 44.2 Å². The summed E-state index contributed by atoms with van der Waals surface area (Å²) in [4.78, 5) is 41.3. The van der Waals surface area contributed by atoms with Gasteiger partial charge in [-0.1, -0.05) is 31.5 Å². The number of aryl methyl sites for hydroxylation is 1. The van der Waals surface area contributed by atoms with Gasteiger partial charge < -0.3 is 15.1 Å². The SMILES string of the molecule is Cc1ccc(N2CC(C(=O)N3CCC(C(=O)NCCC(C)C)CC3)CC2=O)cc1. The van der Waals surface area contributed by atoms with Gasteiger partial charge >= 0.3 is 0 Å². The van der Waals surface area contributed by atoms with Crippen molar-refractivity contribution in [2.45, 2.75) is 46.5 Å². The summed E-state index contributed by atoms with van der Waals surface area (Å²) in [7, 11) is 0. The number of anilines is 1. The Labute approximate surface area is 173 Å². The predicted octanol–water partition coefficient (Wildman–Crippen LogP) is 2.75. The number of piperidine rings is 1. The fraction of sp³-hybridized carbons (Fsp3) is 0.609. The van der Waals surface area contributed by atoms with Crippen LogP contribution in [0.25, 0.3) is 0 Å². The smallest absolute Gasteiger partial charge is 0.228 e. The first-order valence-electron chi connectivity index (χ1n) is 10.8. The van der Waals surface area contributed by atoms with E-state index >= 15 is 0 Å². The first-order valence-corrected chi connectivity index (χ1v) is 10.8. The summed E-state index contributed by atoms with van der Waals surface area (Å²) in [6.07, 6.45) is 2.64. The van der Waals surface area contributed by atoms with Gasteiger partial charge in [-0.3, -0.25) is 14.4 Å². The van der Waals surface area contributed by atoms with Gasteiger partial charge in [-0.2, -0.15) is 0 Å². The number of carbonyl (C=O) groups is 3. The number of likely N-dealkylation sites (tertiary alicyclic amines) is 1. The molecule has 0 radical (unpaired) electrons. The van der Waals surface area contributed by atoms with Crippen LogP contribution in [-0.4, -0.2) is 48.8 Å². The van der Waals surface area contributed by atoms with E-state index < -0.39 is 0 Å². The quantitative estimate of drug-likeness (QED) is 0.800. The second-order valence-electron chi connectivity index (χ2n) is 8.81. The third-order valence-corrected chi connectivity index (χ3v) is 6.02. The Morgan fingerprint density at radius 1 is 1.10 bits per heavy atom. The summed E-state index contributed by atoms with van der Waals surface area (Å²) in [6, 6.07) is 7.83. The van der Waals surface area contributed by atoms with E-state index in [2.05, 4.69) is 19.2 Å². The highest BCUT2D eigenvalue weighted by Crippen LogP contribution is 2.28. The zero-order valence-electron chi connectivity index (χ0n) is 17.8. The summed E-state index contributed by atoms with van der Waals surface area (Å²) < 4.78 is 0. The lowest BCUT2D eigenvalue weighted by Gasteiger charge is -2.33. The lowest BCUT2D eigenvalue weighted by molar-refractivity contribution is -0.139. The summed E-state index contributed by atoms with van der Waals surface area (Å²) in [5.41, 5.74) is 2.00. The van der Waals surface area contributed by atoms with E-state index in [1.807, 2.05) is 36.1 Å². The third kappa shape index (κ3) is 5.37. The number of amides is 3. The topological polar surface area (TPSA) is 69.7 Å². The van der Waals surface area contributed by atoms with E-state index in [4.69, 9.17) is 0 Å². The van der Waals surface area contributed by atoms with Crippen LogP contribution in [0.1, 0.15) is 45.1 Å². The van der Waals surface area contributed by atoms with Gasteiger partial charge in [0, 0.05) is 44.2 Å². The van der Waals surface area contributed by atoms with E-state index in [9.17, 15) is 14.4 Å². The van der Waals surface area contributed by atoms with Gasteiger partial charge in [0.05, 0.1) is 5.92 Å². The van der Waals surface area contributed by atoms with Crippen LogP contribution < -0.4 is 10.2 Å². The van der Waals surface area contributed by atoms with E-state index in [1.165, 1.54) is 0 Å². The monoisotopic (exact) mass is 399 g/mol. The van der Waals surface area contributed by atoms with Crippen LogP contribution in [0.5, 0.6) is 0 Å². The summed E-state index contributed by atoms with van der Waals surface area (Å²) in [5, 5.41) is 3.02. The van der Waals surface area contributed by atoms with E-state index in [0.29, 0.717) is 44.9 Å². The lowest BCUT2D eigenvalue weighted by atomic mass is 9.94. The Kier molecular flexibility index (Phi) is 6.93. The average Bonchev–Trinajstić information content (AvgIpc) is 3.09. The van der Waals surface area contributed by atoms with Crippen LogP contribution in [0.3, 0.4) is 0 Å². The highest BCUT2D eigenvalue weighted by molar-refractivity contribution is 6.00. The maximum Gasteiger partial charge on any atom is 0.228 e. The molecule has 2 heterocycles. The van der Waals surface area contributed by atoms with Crippen molar-refractivity contribution in [3.63, 3.8) is 0 Å². The Morgan fingerprint density at radius 3 is 2.38 bits per heavy atom. The molecular formula is C23H33N3O3. The van der Waals surface area contributed by atoms with Crippen molar-refractivity contribution in [1.29, 1.82) is 0 Å². The number of carbonyl (C=O) groups excluding carboxylic acids is 3. The molecule has 6 nitrogen and oxygen atoms in total. The maximum atomic E-state index is 12.9. The third-order valence-electron chi connectivity index (χ3n) is 6.02. The highest BCUT2D eigenvalue weighted by atomic mass is 16.2. The minimum absolute atomic E-state index is 0.00613. The first-order chi connectivity index (χ1) is 13.8. The molecule has 0 spiro atoms. The highest BCUT2D eigenvalue weighted by Gasteiger charge is 2.38. The molecule has 1 unspecified atom stereocenters. The fourth-order valence-corrected chi connectivity index (χ4v) is 4.10. The molecule has 1 N–H and O–H groups in total. The van der Waals surface area contributed by atoms with Crippen molar-refractivity contribution >= 4 is 23.4 Å². The summed E-state index contributed by atoms with van der Waals surface area (Å²) in [5.74, 6) is 0.432. The molecule has 1 aromatic carbocycles. The second-order valence-corrected chi connectivity index (χ2v) is 8.81. The molecule has 2 aliphatic heterocycles. The average molecular weight is 400 g/mol. The molecule has 158 valence electrons. The molecule has 29 heavy (non-hydrogen) atoms. The van der Waals surface area contributed by atoms with E-state index in [0.717, 1.165) is 17.7 Å². The van der Waals surface area contributed by atoms with Crippen molar-refractivity contribution in [2.75, 3.05) is 31.1 Å². The van der Waals surface area contributed by atoms with E-state index in [-0.39, 0.29) is 36.0 Å². The number of nitrogens with one attached hydrogen (secondary N) is 1. The molecule has 2 fully saturated rings. The number of benzene rings is 1. The number of hydrogen-bond acceptors (Lipinski definition) is 3. The number of nitrogens with zero attached hydrogens (tertiary/aromatic N) is 2. The van der Waals surface area contributed by atoms with Crippen LogP contribution in [0, 0.1) is 24.7 Å². The molecule has 1 aromatic rings. The molecule has 2 saturated heterocycles. The molecule has 3 rings (SSSR count). The van der Waals surface area contributed by atoms with Crippen molar-refractivity contribution in [3.8, 4) is 0 Å². The standard InChI is InChI=1S/C23H33N3O3/c1-16(2)8-11-24-22(28)18-9-12-25(13-10-18)23(29)19-14-21(27)26(15-19)20-6-4-17(3)5-7-20/h4-7,16,18-19H,8-15H2,1-3H3,(H,24,28). The van der Waals surface area contributed by atoms with Crippen LogP contribution in [-0.2, 0) is 14.4 Å². The van der Waals surface area contributed by atoms with Gasteiger partial charge in [0.2, 0.25) is 17.7 Å². The largest absolute Gasteiger partial charge is 0.356 e. The Balaban J connectivity index is 1.49. The Morgan fingerprint density at radius 2 is 1.76 bits per heavy atom. The zero-order valence-corrected chi connectivity index (χ0v) is 17.8. The van der Waals surface area contributed by atoms with Crippen molar-refractivity contribution in [1.82, 2.24) is 10.2 Å². The minimum atomic E-state index is -0.291. The molecule has 0 aromatic heterocycles. The van der Waals surface area contributed by atoms with Gasteiger partial charge in [-0.25, -0.2) is 0 Å².